The van der Waals surface area contributed by atoms with Gasteiger partial charge in [0.2, 0.25) is 5.91 Å². The van der Waals surface area contributed by atoms with Crippen LogP contribution in [-0.4, -0.2) is 25.8 Å². The van der Waals surface area contributed by atoms with Crippen molar-refractivity contribution in [3.63, 3.8) is 0 Å². The van der Waals surface area contributed by atoms with E-state index in [1.165, 1.54) is 16.8 Å². The van der Waals surface area contributed by atoms with Crippen LogP contribution in [0.3, 0.4) is 0 Å². The number of benzene rings is 2. The van der Waals surface area contributed by atoms with Gasteiger partial charge in [-0.2, -0.15) is 5.10 Å². The number of aromatic hydroxyl groups is 1. The predicted molar refractivity (Wildman–Crippen MR) is 152 cm³/mol. The summed E-state index contributed by atoms with van der Waals surface area (Å²) >= 11 is 0. The first kappa shape index (κ1) is 25.1. The molecule has 1 fully saturated rings. The Morgan fingerprint density at radius 3 is 2.69 bits per heavy atom. The van der Waals surface area contributed by atoms with Crippen molar-refractivity contribution < 1.29 is 9.90 Å². The number of carbonyl (C=O) groups excluding carboxylic acids is 1. The third kappa shape index (κ3) is 5.11. The lowest BCUT2D eigenvalue weighted by Gasteiger charge is -2.37. The largest absolute Gasteiger partial charge is 0.508 e. The van der Waals surface area contributed by atoms with Gasteiger partial charge in [-0.1, -0.05) is 55.0 Å². The highest BCUT2D eigenvalue weighted by atomic mass is 16.3. The molecule has 1 unspecified atom stereocenters. The molecule has 0 saturated heterocycles. The number of amides is 1. The van der Waals surface area contributed by atoms with Crippen LogP contribution in [0.1, 0.15) is 61.0 Å². The lowest BCUT2D eigenvalue weighted by molar-refractivity contribution is -0.122. The van der Waals surface area contributed by atoms with Crippen molar-refractivity contribution >= 4 is 12.0 Å². The van der Waals surface area contributed by atoms with Crippen molar-refractivity contribution in [2.24, 2.45) is 11.3 Å². The van der Waals surface area contributed by atoms with Crippen LogP contribution in [0.15, 0.2) is 90.9 Å². The second kappa shape index (κ2) is 10.5. The molecule has 4 aromatic rings. The van der Waals surface area contributed by atoms with Gasteiger partial charge in [0, 0.05) is 12.6 Å². The van der Waals surface area contributed by atoms with Crippen LogP contribution in [0.5, 0.6) is 5.75 Å². The molecule has 2 aromatic carbocycles. The minimum atomic E-state index is -0.0424. The summed E-state index contributed by atoms with van der Waals surface area (Å²) in [7, 11) is 0. The van der Waals surface area contributed by atoms with Crippen molar-refractivity contribution in [2.75, 3.05) is 0 Å². The van der Waals surface area contributed by atoms with Crippen molar-refractivity contribution in [1.82, 2.24) is 20.1 Å². The summed E-state index contributed by atoms with van der Waals surface area (Å²) in [5.74, 6) is 0.742. The number of aromatic nitrogens is 3. The first-order valence-electron chi connectivity index (χ1n) is 13.8. The second-order valence-corrected chi connectivity index (χ2v) is 11.1. The highest BCUT2D eigenvalue weighted by Gasteiger charge is 2.46. The van der Waals surface area contributed by atoms with E-state index in [1.54, 1.807) is 18.3 Å². The molecule has 6 heteroatoms. The number of fused-ring (bicyclic) bond motifs is 2. The number of nitrogens with one attached hydrogen (secondary N) is 1. The van der Waals surface area contributed by atoms with Gasteiger partial charge < -0.3 is 10.4 Å². The average molecular weight is 519 g/mol. The predicted octanol–water partition coefficient (Wildman–Crippen LogP) is 6.21. The van der Waals surface area contributed by atoms with Gasteiger partial charge in [-0.25, -0.2) is 4.68 Å². The number of aryl methyl sites for hydroxylation is 1. The van der Waals surface area contributed by atoms with Crippen molar-refractivity contribution in [2.45, 2.75) is 51.5 Å². The van der Waals surface area contributed by atoms with Gasteiger partial charge in [0.15, 0.2) is 0 Å². The number of carbonyl (C=O) groups is 1. The average Bonchev–Trinajstić information content (AvgIpc) is 3.51. The number of hydrogen-bond acceptors (Lipinski definition) is 4. The van der Waals surface area contributed by atoms with Gasteiger partial charge in [-0.05, 0) is 90.5 Å². The molecular weight excluding hydrogens is 484 g/mol. The van der Waals surface area contributed by atoms with E-state index >= 15 is 0 Å². The molecule has 2 N–H and O–H groups in total. The molecule has 0 spiro atoms. The molecule has 6 nitrogen and oxygen atoms in total. The molecule has 2 aliphatic rings. The maximum atomic E-state index is 13.1. The number of hydrogen-bond donors (Lipinski definition) is 2. The standard InChI is InChI=1S/C33H34N4O2/c1-33-20-25-21-35-37(28-8-5-17-34-22-28)31(25)19-27(33)13-12-26(33)18-30(24-6-3-2-4-7-24)36-32(39)16-11-23-9-14-29(38)15-10-23/h2-10,14-15,17,19,21-22,26,30,38H,11-13,16,18,20H2,1H3,(H,36,39)/t26-,30?,33-/m1/s1. The quantitative estimate of drug-likeness (QED) is 0.291. The Hall–Kier alpha value is -4.19. The van der Waals surface area contributed by atoms with Gasteiger partial charge >= 0.3 is 0 Å². The fourth-order valence-electron chi connectivity index (χ4n) is 6.43. The van der Waals surface area contributed by atoms with Crippen molar-refractivity contribution in [3.05, 3.63) is 113 Å². The Morgan fingerprint density at radius 2 is 1.92 bits per heavy atom. The monoisotopic (exact) mass is 518 g/mol. The number of phenols is 1. The minimum absolute atomic E-state index is 0.0413. The maximum Gasteiger partial charge on any atom is 0.220 e. The number of rotatable bonds is 8. The first-order valence-corrected chi connectivity index (χ1v) is 13.8. The van der Waals surface area contributed by atoms with Crippen LogP contribution in [0.4, 0.5) is 0 Å². The van der Waals surface area contributed by atoms with E-state index in [9.17, 15) is 9.90 Å². The number of phenolic OH excluding ortho intramolecular Hbond substituents is 1. The molecule has 2 aromatic heterocycles. The van der Waals surface area contributed by atoms with E-state index < -0.39 is 0 Å². The summed E-state index contributed by atoms with van der Waals surface area (Å²) in [6.07, 6.45) is 13.1. The number of allylic oxidation sites excluding steroid dienone is 1. The summed E-state index contributed by atoms with van der Waals surface area (Å²) in [5, 5.41) is 17.6. The molecule has 39 heavy (non-hydrogen) atoms. The highest BCUT2D eigenvalue weighted by Crippen LogP contribution is 2.55. The Labute approximate surface area is 229 Å². The second-order valence-electron chi connectivity index (χ2n) is 11.1. The van der Waals surface area contributed by atoms with Gasteiger partial charge in [0.05, 0.1) is 29.8 Å². The molecule has 1 amide bonds. The molecule has 6 rings (SSSR count). The minimum Gasteiger partial charge on any atom is -0.508 e. The van der Waals surface area contributed by atoms with Gasteiger partial charge in [0.25, 0.3) is 0 Å². The zero-order valence-corrected chi connectivity index (χ0v) is 22.3. The number of pyridine rings is 1. The van der Waals surface area contributed by atoms with Gasteiger partial charge in [-0.15, -0.1) is 0 Å². The molecular formula is C33H34N4O2. The van der Waals surface area contributed by atoms with E-state index in [0.717, 1.165) is 42.5 Å². The Kier molecular flexibility index (Phi) is 6.77. The number of nitrogens with zero attached hydrogens (tertiary/aromatic N) is 3. The zero-order valence-electron chi connectivity index (χ0n) is 22.3. The Morgan fingerprint density at radius 1 is 1.10 bits per heavy atom. The summed E-state index contributed by atoms with van der Waals surface area (Å²) in [5.41, 5.74) is 7.13. The van der Waals surface area contributed by atoms with Crippen LogP contribution >= 0.6 is 0 Å². The molecule has 2 aliphatic carbocycles. The van der Waals surface area contributed by atoms with E-state index in [0.29, 0.717) is 18.8 Å². The Balaban J connectivity index is 1.20. The van der Waals surface area contributed by atoms with Crippen LogP contribution in [0, 0.1) is 11.3 Å². The zero-order chi connectivity index (χ0) is 26.8. The molecule has 1 saturated carbocycles. The Bertz CT molecular complexity index is 1480. The molecule has 198 valence electrons. The summed E-state index contributed by atoms with van der Waals surface area (Å²) in [4.78, 5) is 17.4. The highest BCUT2D eigenvalue weighted by molar-refractivity contribution is 5.76. The molecule has 0 radical (unpaired) electrons. The smallest absolute Gasteiger partial charge is 0.220 e. The van der Waals surface area contributed by atoms with Crippen LogP contribution in [0.2, 0.25) is 0 Å². The third-order valence-corrected chi connectivity index (χ3v) is 8.68. The van der Waals surface area contributed by atoms with E-state index in [1.807, 2.05) is 59.5 Å². The van der Waals surface area contributed by atoms with Crippen LogP contribution in [-0.2, 0) is 17.6 Å². The molecule has 0 bridgehead atoms. The van der Waals surface area contributed by atoms with Gasteiger partial charge in [0.1, 0.15) is 5.75 Å². The van der Waals surface area contributed by atoms with Crippen LogP contribution < -0.4 is 5.32 Å². The normalized spacial score (nSPS) is 20.5. The SMILES string of the molecule is C[C@]12Cc3cnn(-c4cccnc4)c3C=C1CC[C@@H]2CC(NC(=O)CCc1ccc(O)cc1)c1ccccc1. The molecule has 3 atom stereocenters. The van der Waals surface area contributed by atoms with Crippen molar-refractivity contribution in [1.29, 1.82) is 0 Å². The van der Waals surface area contributed by atoms with E-state index in [4.69, 9.17) is 5.10 Å². The van der Waals surface area contributed by atoms with Crippen LogP contribution in [0.25, 0.3) is 11.8 Å². The van der Waals surface area contributed by atoms with Gasteiger partial charge in [-0.3, -0.25) is 9.78 Å². The lowest BCUT2D eigenvalue weighted by atomic mass is 9.68. The molecule has 2 heterocycles. The third-order valence-electron chi connectivity index (χ3n) is 8.68. The lowest BCUT2D eigenvalue weighted by Crippen LogP contribution is -2.35. The topological polar surface area (TPSA) is 80.0 Å². The summed E-state index contributed by atoms with van der Waals surface area (Å²) in [6.45, 7) is 2.40. The fraction of sp³-hybridized carbons (Fsp3) is 0.303. The fourth-order valence-corrected chi connectivity index (χ4v) is 6.43. The summed E-state index contributed by atoms with van der Waals surface area (Å²) < 4.78 is 2.00. The maximum absolute atomic E-state index is 13.1. The van der Waals surface area contributed by atoms with E-state index in [2.05, 4.69) is 35.4 Å². The van der Waals surface area contributed by atoms with E-state index in [-0.39, 0.29) is 23.1 Å². The van der Waals surface area contributed by atoms with Crippen molar-refractivity contribution in [3.8, 4) is 11.4 Å². The molecule has 0 aliphatic heterocycles. The summed E-state index contributed by atoms with van der Waals surface area (Å²) in [6, 6.07) is 21.4. The first-order chi connectivity index (χ1) is 19.0.